The fraction of sp³-hybridized carbons (Fsp3) is 0.333. The zero-order valence-electron chi connectivity index (χ0n) is 11.8. The van der Waals surface area contributed by atoms with Gasteiger partial charge in [-0.25, -0.2) is 0 Å². The lowest BCUT2D eigenvalue weighted by Crippen LogP contribution is -2.31. The van der Waals surface area contributed by atoms with Crippen LogP contribution in [0.1, 0.15) is 24.0 Å². The lowest BCUT2D eigenvalue weighted by molar-refractivity contribution is 0.0731. The van der Waals surface area contributed by atoms with Gasteiger partial charge in [-0.05, 0) is 48.6 Å². The molecule has 2 atom stereocenters. The highest BCUT2D eigenvalue weighted by atomic mass is 35.5. The zero-order valence-corrected chi connectivity index (χ0v) is 12.6. The summed E-state index contributed by atoms with van der Waals surface area (Å²) in [4.78, 5) is 6.05. The van der Waals surface area contributed by atoms with E-state index in [1.165, 1.54) is 16.8 Å². The summed E-state index contributed by atoms with van der Waals surface area (Å²) in [6.07, 6.45) is 4.63. The normalized spacial score (nSPS) is 23.2. The molecule has 2 aliphatic heterocycles. The molecular formula is C18H18ClNO. The highest BCUT2D eigenvalue weighted by Gasteiger charge is 2.38. The number of aryl methyl sites for hydroxylation is 1. The van der Waals surface area contributed by atoms with Crippen molar-refractivity contribution in [2.75, 3.05) is 5.06 Å². The summed E-state index contributed by atoms with van der Waals surface area (Å²) in [7, 11) is 0. The summed E-state index contributed by atoms with van der Waals surface area (Å²) < 4.78 is 0. The molecule has 0 radical (unpaired) electrons. The maximum atomic E-state index is 6.11. The van der Waals surface area contributed by atoms with Gasteiger partial charge in [0.25, 0.3) is 0 Å². The van der Waals surface area contributed by atoms with E-state index >= 15 is 0 Å². The van der Waals surface area contributed by atoms with Gasteiger partial charge in [0.2, 0.25) is 0 Å². The Kier molecular flexibility index (Phi) is 3.36. The van der Waals surface area contributed by atoms with Crippen molar-refractivity contribution >= 4 is 17.3 Å². The molecule has 3 heteroatoms. The first-order valence-electron chi connectivity index (χ1n) is 7.58. The van der Waals surface area contributed by atoms with Crippen LogP contribution in [0.15, 0.2) is 48.5 Å². The number of hydrogen-bond acceptors (Lipinski definition) is 2. The first-order valence-corrected chi connectivity index (χ1v) is 7.96. The van der Waals surface area contributed by atoms with Gasteiger partial charge in [0.1, 0.15) is 0 Å². The minimum absolute atomic E-state index is 0.316. The van der Waals surface area contributed by atoms with E-state index in [2.05, 4.69) is 47.5 Å². The smallest absolute Gasteiger partial charge is 0.0918 e. The molecule has 2 unspecified atom stereocenters. The monoisotopic (exact) mass is 299 g/mol. The predicted molar refractivity (Wildman–Crippen MR) is 85.7 cm³/mol. The van der Waals surface area contributed by atoms with E-state index in [-0.39, 0.29) is 0 Å². The van der Waals surface area contributed by atoms with Gasteiger partial charge in [-0.3, -0.25) is 9.90 Å². The average molecular weight is 300 g/mol. The summed E-state index contributed by atoms with van der Waals surface area (Å²) in [5, 5.41) is 2.94. The Labute approximate surface area is 130 Å². The lowest BCUT2D eigenvalue weighted by Gasteiger charge is -2.30. The molecule has 0 aliphatic carbocycles. The van der Waals surface area contributed by atoms with E-state index in [0.29, 0.717) is 12.1 Å². The SMILES string of the molecule is Clc1ccc2c(c1)CC1CC(CCc3ccccc3)N2O1. The fourth-order valence-electron chi connectivity index (χ4n) is 3.45. The molecule has 21 heavy (non-hydrogen) atoms. The van der Waals surface area contributed by atoms with E-state index in [9.17, 15) is 0 Å². The van der Waals surface area contributed by atoms with Gasteiger partial charge < -0.3 is 0 Å². The third-order valence-corrected chi connectivity index (χ3v) is 4.70. The molecule has 0 saturated carbocycles. The van der Waals surface area contributed by atoms with E-state index in [1.807, 2.05) is 6.07 Å². The van der Waals surface area contributed by atoms with Crippen LogP contribution in [0.5, 0.6) is 0 Å². The lowest BCUT2D eigenvalue weighted by atomic mass is 10.0. The third kappa shape index (κ3) is 2.54. The maximum absolute atomic E-state index is 6.11. The Hall–Kier alpha value is -1.51. The number of fused-ring (bicyclic) bond motifs is 4. The quantitative estimate of drug-likeness (QED) is 0.832. The first kappa shape index (κ1) is 13.2. The molecule has 2 aromatic carbocycles. The molecule has 0 aromatic heterocycles. The number of nitrogens with zero attached hydrogens (tertiary/aromatic N) is 1. The highest BCUT2D eigenvalue weighted by molar-refractivity contribution is 6.30. The van der Waals surface area contributed by atoms with Gasteiger partial charge in [-0.1, -0.05) is 41.9 Å². The topological polar surface area (TPSA) is 12.5 Å². The molecule has 1 saturated heterocycles. The molecule has 4 rings (SSSR count). The molecular weight excluding hydrogens is 282 g/mol. The van der Waals surface area contributed by atoms with Gasteiger partial charge in [-0.15, -0.1) is 0 Å². The maximum Gasteiger partial charge on any atom is 0.0918 e. The van der Waals surface area contributed by atoms with Crippen LogP contribution in [-0.4, -0.2) is 12.1 Å². The molecule has 0 N–H and O–H groups in total. The number of rotatable bonds is 3. The van der Waals surface area contributed by atoms with Crippen LogP contribution in [0.3, 0.4) is 0 Å². The summed E-state index contributed by atoms with van der Waals surface area (Å²) in [5.74, 6) is 0. The molecule has 0 spiro atoms. The minimum atomic E-state index is 0.316. The van der Waals surface area contributed by atoms with Gasteiger partial charge in [0.05, 0.1) is 17.8 Å². The molecule has 2 heterocycles. The molecule has 2 aromatic rings. The van der Waals surface area contributed by atoms with E-state index in [4.69, 9.17) is 16.4 Å². The van der Waals surface area contributed by atoms with Gasteiger partial charge in [0.15, 0.2) is 0 Å². The van der Waals surface area contributed by atoms with Gasteiger partial charge in [0, 0.05) is 11.4 Å². The molecule has 2 nitrogen and oxygen atoms in total. The van der Waals surface area contributed by atoms with Crippen LogP contribution >= 0.6 is 11.6 Å². The Morgan fingerprint density at radius 3 is 2.86 bits per heavy atom. The van der Waals surface area contributed by atoms with Crippen LogP contribution in [0.25, 0.3) is 0 Å². The van der Waals surface area contributed by atoms with Crippen molar-refractivity contribution in [3.63, 3.8) is 0 Å². The van der Waals surface area contributed by atoms with Crippen molar-refractivity contribution in [3.8, 4) is 0 Å². The summed E-state index contributed by atoms with van der Waals surface area (Å²) >= 11 is 6.11. The van der Waals surface area contributed by atoms with Crippen LogP contribution in [0.4, 0.5) is 5.69 Å². The second-order valence-electron chi connectivity index (χ2n) is 5.94. The number of hydrogen-bond donors (Lipinski definition) is 0. The summed E-state index contributed by atoms with van der Waals surface area (Å²) in [5.41, 5.74) is 3.92. The third-order valence-electron chi connectivity index (χ3n) is 4.46. The summed E-state index contributed by atoms with van der Waals surface area (Å²) in [6, 6.07) is 17.3. The number of benzene rings is 2. The van der Waals surface area contributed by atoms with Crippen molar-refractivity contribution in [3.05, 3.63) is 64.7 Å². The zero-order chi connectivity index (χ0) is 14.2. The largest absolute Gasteiger partial charge is 0.269 e. The van der Waals surface area contributed by atoms with E-state index < -0.39 is 0 Å². The molecule has 0 amide bonds. The van der Waals surface area contributed by atoms with Gasteiger partial charge >= 0.3 is 0 Å². The Balaban J connectivity index is 1.52. The average Bonchev–Trinajstić information content (AvgIpc) is 2.83. The number of hydroxylamine groups is 1. The van der Waals surface area contributed by atoms with Crippen molar-refractivity contribution in [1.82, 2.24) is 0 Å². The van der Waals surface area contributed by atoms with E-state index in [1.54, 1.807) is 0 Å². The Morgan fingerprint density at radius 2 is 2.00 bits per heavy atom. The van der Waals surface area contributed by atoms with Crippen molar-refractivity contribution in [2.24, 2.45) is 0 Å². The van der Waals surface area contributed by atoms with Crippen molar-refractivity contribution < 1.29 is 4.84 Å². The standard InChI is InChI=1S/C18H18ClNO/c19-15-7-9-18-14(10-15)11-17-12-16(20(18)21-17)8-6-13-4-2-1-3-5-13/h1-5,7,9-10,16-17H,6,8,11-12H2. The fourth-order valence-corrected chi connectivity index (χ4v) is 3.65. The van der Waals surface area contributed by atoms with Crippen molar-refractivity contribution in [2.45, 2.75) is 37.8 Å². The molecule has 1 fully saturated rings. The molecule has 2 aliphatic rings. The minimum Gasteiger partial charge on any atom is -0.269 e. The molecule has 108 valence electrons. The second-order valence-corrected chi connectivity index (χ2v) is 6.38. The van der Waals surface area contributed by atoms with Crippen LogP contribution in [0, 0.1) is 0 Å². The number of anilines is 1. The Bertz CT molecular complexity index is 643. The van der Waals surface area contributed by atoms with Crippen LogP contribution < -0.4 is 5.06 Å². The molecule has 2 bridgehead atoms. The van der Waals surface area contributed by atoms with E-state index in [0.717, 1.165) is 30.7 Å². The highest BCUT2D eigenvalue weighted by Crippen LogP contribution is 2.40. The van der Waals surface area contributed by atoms with Crippen LogP contribution in [-0.2, 0) is 17.7 Å². The Morgan fingerprint density at radius 1 is 1.14 bits per heavy atom. The second kappa shape index (κ2) is 5.36. The predicted octanol–water partition coefficient (Wildman–Crippen LogP) is 4.41. The first-order chi connectivity index (χ1) is 10.3. The number of halogens is 1. The van der Waals surface area contributed by atoms with Crippen LogP contribution in [0.2, 0.25) is 5.02 Å². The van der Waals surface area contributed by atoms with Gasteiger partial charge in [-0.2, -0.15) is 0 Å². The van der Waals surface area contributed by atoms with Crippen molar-refractivity contribution in [1.29, 1.82) is 0 Å². The summed E-state index contributed by atoms with van der Waals surface area (Å²) in [6.45, 7) is 0.